The summed E-state index contributed by atoms with van der Waals surface area (Å²) in [7, 11) is 0. The number of ether oxygens (including phenoxy) is 1. The van der Waals surface area contributed by atoms with Crippen LogP contribution in [0.2, 0.25) is 0 Å². The lowest BCUT2D eigenvalue weighted by Gasteiger charge is -2.15. The first-order chi connectivity index (χ1) is 12.2. The fourth-order valence-electron chi connectivity index (χ4n) is 2.49. The monoisotopic (exact) mass is 378 g/mol. The molecule has 1 heterocycles. The highest BCUT2D eigenvalue weighted by atomic mass is 32.1. The summed E-state index contributed by atoms with van der Waals surface area (Å²) in [6.45, 7) is 1.94. The Kier molecular flexibility index (Phi) is 4.69. The summed E-state index contributed by atoms with van der Waals surface area (Å²) < 4.78 is 40.5. The van der Waals surface area contributed by atoms with Crippen LogP contribution >= 0.6 is 12.2 Å². The molecule has 0 spiro atoms. The minimum absolute atomic E-state index is 0.151. The molecule has 0 aliphatic carbocycles. The van der Waals surface area contributed by atoms with Crippen LogP contribution in [0, 0.1) is 6.92 Å². The maximum absolute atomic E-state index is 12.6. The Balaban J connectivity index is 1.83. The van der Waals surface area contributed by atoms with Gasteiger partial charge in [0.15, 0.2) is 5.11 Å². The Morgan fingerprint density at radius 3 is 2.46 bits per heavy atom. The van der Waals surface area contributed by atoms with E-state index in [4.69, 9.17) is 12.2 Å². The lowest BCUT2D eigenvalue weighted by atomic mass is 10.1. The molecule has 1 saturated heterocycles. The predicted octanol–water partition coefficient (Wildman–Crippen LogP) is 4.16. The van der Waals surface area contributed by atoms with Crippen molar-refractivity contribution < 1.29 is 22.7 Å². The number of thiocarbonyl (C=S) groups is 1. The topological polar surface area (TPSA) is 41.6 Å². The van der Waals surface area contributed by atoms with Crippen LogP contribution in [0.3, 0.4) is 0 Å². The molecule has 0 bridgehead atoms. The molecule has 2 aromatic rings. The zero-order valence-corrected chi connectivity index (χ0v) is 14.3. The summed E-state index contributed by atoms with van der Waals surface area (Å²) in [6.07, 6.45) is -3.10. The van der Waals surface area contributed by atoms with Crippen molar-refractivity contribution in [2.75, 3.05) is 4.90 Å². The molecule has 8 heteroatoms. The Labute approximate surface area is 152 Å². The quantitative estimate of drug-likeness (QED) is 0.643. The van der Waals surface area contributed by atoms with Crippen LogP contribution in [0.15, 0.2) is 54.2 Å². The average molecular weight is 378 g/mol. The maximum Gasteiger partial charge on any atom is 0.573 e. The predicted molar refractivity (Wildman–Crippen MR) is 95.5 cm³/mol. The van der Waals surface area contributed by atoms with Crippen molar-refractivity contribution in [2.45, 2.75) is 13.3 Å². The molecule has 4 nitrogen and oxygen atoms in total. The van der Waals surface area contributed by atoms with Gasteiger partial charge in [0.05, 0.1) is 5.69 Å². The molecule has 0 radical (unpaired) electrons. The van der Waals surface area contributed by atoms with Gasteiger partial charge in [-0.2, -0.15) is 0 Å². The van der Waals surface area contributed by atoms with E-state index in [1.54, 1.807) is 6.08 Å². The molecule has 0 atom stereocenters. The van der Waals surface area contributed by atoms with Gasteiger partial charge in [0.1, 0.15) is 11.4 Å². The molecule has 2 aromatic carbocycles. The number of nitrogens with zero attached hydrogens (tertiary/aromatic N) is 1. The SMILES string of the molecule is Cc1cccc(/C=C2/NC(=S)N(c3ccc(OC(F)(F)F)cc3)C2=O)c1. The molecule has 0 saturated carbocycles. The number of alkyl halides is 3. The maximum atomic E-state index is 12.6. The van der Waals surface area contributed by atoms with E-state index in [2.05, 4.69) is 10.1 Å². The smallest absolute Gasteiger partial charge is 0.406 e. The van der Waals surface area contributed by atoms with Crippen molar-refractivity contribution in [2.24, 2.45) is 0 Å². The summed E-state index contributed by atoms with van der Waals surface area (Å²) in [5.74, 6) is -0.761. The van der Waals surface area contributed by atoms with Crippen molar-refractivity contribution in [1.82, 2.24) is 5.32 Å². The molecular weight excluding hydrogens is 365 g/mol. The number of amides is 1. The van der Waals surface area contributed by atoms with Crippen LogP contribution < -0.4 is 15.0 Å². The molecule has 1 fully saturated rings. The van der Waals surface area contributed by atoms with Crippen LogP contribution in [0.25, 0.3) is 6.08 Å². The van der Waals surface area contributed by atoms with Crippen molar-refractivity contribution in [3.63, 3.8) is 0 Å². The van der Waals surface area contributed by atoms with Crippen molar-refractivity contribution in [1.29, 1.82) is 0 Å². The molecule has 1 aliphatic heterocycles. The fourth-order valence-corrected chi connectivity index (χ4v) is 2.79. The first-order valence-corrected chi connectivity index (χ1v) is 7.93. The first kappa shape index (κ1) is 17.9. The highest BCUT2D eigenvalue weighted by Crippen LogP contribution is 2.27. The Hall–Kier alpha value is -2.87. The Morgan fingerprint density at radius 1 is 1.15 bits per heavy atom. The molecule has 26 heavy (non-hydrogen) atoms. The third kappa shape index (κ3) is 4.02. The number of carbonyl (C=O) groups is 1. The van der Waals surface area contributed by atoms with E-state index in [0.717, 1.165) is 23.3 Å². The van der Waals surface area contributed by atoms with Gasteiger partial charge in [-0.25, -0.2) is 0 Å². The molecular formula is C18H13F3N2O2S. The van der Waals surface area contributed by atoms with Crippen LogP contribution in [-0.2, 0) is 4.79 Å². The number of benzene rings is 2. The highest BCUT2D eigenvalue weighted by molar-refractivity contribution is 7.80. The lowest BCUT2D eigenvalue weighted by molar-refractivity contribution is -0.274. The van der Waals surface area contributed by atoms with Gasteiger partial charge in [-0.1, -0.05) is 29.8 Å². The molecule has 3 rings (SSSR count). The summed E-state index contributed by atoms with van der Waals surface area (Å²) in [5, 5.41) is 2.98. The van der Waals surface area contributed by atoms with Gasteiger partial charge in [-0.15, -0.1) is 13.2 Å². The second-order valence-electron chi connectivity index (χ2n) is 5.58. The van der Waals surface area contributed by atoms with E-state index in [-0.39, 0.29) is 22.5 Å². The fraction of sp³-hybridized carbons (Fsp3) is 0.111. The van der Waals surface area contributed by atoms with E-state index in [1.807, 2.05) is 31.2 Å². The number of carbonyl (C=O) groups excluding carboxylic acids is 1. The number of anilines is 1. The van der Waals surface area contributed by atoms with E-state index in [9.17, 15) is 18.0 Å². The number of halogens is 3. The number of hydrogen-bond donors (Lipinski definition) is 1. The first-order valence-electron chi connectivity index (χ1n) is 7.52. The number of aryl methyl sites for hydroxylation is 1. The largest absolute Gasteiger partial charge is 0.573 e. The highest BCUT2D eigenvalue weighted by Gasteiger charge is 2.33. The van der Waals surface area contributed by atoms with E-state index in [0.29, 0.717) is 5.69 Å². The molecule has 134 valence electrons. The third-order valence-corrected chi connectivity index (χ3v) is 3.84. The van der Waals surface area contributed by atoms with Gasteiger partial charge >= 0.3 is 6.36 Å². The molecule has 0 aromatic heterocycles. The van der Waals surface area contributed by atoms with Gasteiger partial charge < -0.3 is 10.1 Å². The van der Waals surface area contributed by atoms with E-state index in [1.165, 1.54) is 17.0 Å². The zero-order valence-electron chi connectivity index (χ0n) is 13.5. The van der Waals surface area contributed by atoms with Crippen LogP contribution in [0.5, 0.6) is 5.75 Å². The van der Waals surface area contributed by atoms with Crippen molar-refractivity contribution in [3.8, 4) is 5.75 Å². The van der Waals surface area contributed by atoms with Crippen LogP contribution in [0.1, 0.15) is 11.1 Å². The third-order valence-electron chi connectivity index (χ3n) is 3.56. The van der Waals surface area contributed by atoms with E-state index < -0.39 is 6.36 Å². The summed E-state index contributed by atoms with van der Waals surface area (Å²) >= 11 is 5.18. The number of nitrogens with one attached hydrogen (secondary N) is 1. The van der Waals surface area contributed by atoms with Gasteiger partial charge in [0.25, 0.3) is 5.91 Å². The standard InChI is InChI=1S/C18H13F3N2O2S/c1-11-3-2-4-12(9-11)10-15-16(24)23(17(26)22-15)13-5-7-14(8-6-13)25-18(19,20)21/h2-10H,1H3,(H,22,26)/b15-10+. The van der Waals surface area contributed by atoms with Crippen molar-refractivity contribution >= 4 is 35.0 Å². The van der Waals surface area contributed by atoms with Crippen molar-refractivity contribution in [3.05, 3.63) is 65.4 Å². The normalized spacial score (nSPS) is 16.2. The summed E-state index contributed by atoms with van der Waals surface area (Å²) in [4.78, 5) is 13.8. The Morgan fingerprint density at radius 2 is 1.85 bits per heavy atom. The van der Waals surface area contributed by atoms with Gasteiger partial charge in [-0.05, 0) is 55.0 Å². The Bertz CT molecular complexity index is 892. The minimum atomic E-state index is -4.77. The molecule has 0 unspecified atom stereocenters. The number of rotatable bonds is 3. The summed E-state index contributed by atoms with van der Waals surface area (Å²) in [6, 6.07) is 12.5. The summed E-state index contributed by atoms with van der Waals surface area (Å²) in [5.41, 5.74) is 2.51. The second-order valence-corrected chi connectivity index (χ2v) is 5.97. The molecule has 1 N–H and O–H groups in total. The average Bonchev–Trinajstić information content (AvgIpc) is 2.81. The minimum Gasteiger partial charge on any atom is -0.406 e. The zero-order chi connectivity index (χ0) is 18.9. The second kappa shape index (κ2) is 6.80. The van der Waals surface area contributed by atoms with Gasteiger partial charge in [0, 0.05) is 0 Å². The van der Waals surface area contributed by atoms with Crippen LogP contribution in [-0.4, -0.2) is 17.4 Å². The molecule has 1 amide bonds. The lowest BCUT2D eigenvalue weighted by Crippen LogP contribution is -2.30. The van der Waals surface area contributed by atoms with Gasteiger partial charge in [0.2, 0.25) is 0 Å². The van der Waals surface area contributed by atoms with Crippen LogP contribution in [0.4, 0.5) is 18.9 Å². The van der Waals surface area contributed by atoms with E-state index >= 15 is 0 Å². The number of hydrogen-bond acceptors (Lipinski definition) is 3. The molecule has 1 aliphatic rings. The van der Waals surface area contributed by atoms with Gasteiger partial charge in [-0.3, -0.25) is 9.69 Å².